The molecule has 1 aliphatic rings. The summed E-state index contributed by atoms with van der Waals surface area (Å²) in [5, 5.41) is 9.83. The number of nitrogens with zero attached hydrogens (tertiary/aromatic N) is 2. The molecule has 0 saturated carbocycles. The van der Waals surface area contributed by atoms with Gasteiger partial charge in [-0.2, -0.15) is 5.10 Å². The fraction of sp³-hybridized carbons (Fsp3) is 0.250. The molecule has 1 aromatic heterocycles. The largest absolute Gasteiger partial charge is 0.497 e. The van der Waals surface area contributed by atoms with Gasteiger partial charge in [-0.1, -0.05) is 6.07 Å². The van der Waals surface area contributed by atoms with Crippen LogP contribution in [0.25, 0.3) is 10.9 Å². The minimum Gasteiger partial charge on any atom is -0.497 e. The van der Waals surface area contributed by atoms with Gasteiger partial charge >= 0.3 is 0 Å². The molecule has 2 amide bonds. The molecule has 2 aromatic carbocycles. The number of aromatic nitrogens is 2. The Kier molecular flexibility index (Phi) is 4.79. The second-order valence-corrected chi connectivity index (χ2v) is 6.67. The summed E-state index contributed by atoms with van der Waals surface area (Å²) < 4.78 is 24.7. The summed E-state index contributed by atoms with van der Waals surface area (Å²) in [7, 11) is 3.02. The van der Waals surface area contributed by atoms with E-state index < -0.39 is 11.7 Å². The Balaban J connectivity index is 1.56. The molecule has 2 heterocycles. The maximum absolute atomic E-state index is 14.3. The van der Waals surface area contributed by atoms with Gasteiger partial charge in [-0.05, 0) is 24.3 Å². The molecule has 1 fully saturated rings. The van der Waals surface area contributed by atoms with Gasteiger partial charge in [0.05, 0.1) is 36.7 Å². The zero-order valence-corrected chi connectivity index (χ0v) is 15.9. The van der Waals surface area contributed by atoms with Crippen molar-refractivity contribution in [1.82, 2.24) is 10.2 Å². The quantitative estimate of drug-likeness (QED) is 0.689. The van der Waals surface area contributed by atoms with E-state index in [4.69, 9.17) is 9.47 Å². The number of methoxy groups -OCH3 is 2. The first kappa shape index (κ1) is 18.7. The van der Waals surface area contributed by atoms with Crippen molar-refractivity contribution in [2.45, 2.75) is 6.42 Å². The topological polar surface area (TPSA) is 96.5 Å². The summed E-state index contributed by atoms with van der Waals surface area (Å²) in [6.07, 6.45) is 0.000916. The number of H-pyrrole nitrogens is 1. The van der Waals surface area contributed by atoms with E-state index in [-0.39, 0.29) is 36.0 Å². The number of amides is 2. The average Bonchev–Trinajstić information content (AvgIpc) is 3.32. The fourth-order valence-corrected chi connectivity index (χ4v) is 3.44. The molecule has 8 nitrogen and oxygen atoms in total. The average molecular weight is 398 g/mol. The second-order valence-electron chi connectivity index (χ2n) is 6.67. The van der Waals surface area contributed by atoms with E-state index in [9.17, 15) is 14.0 Å². The predicted molar refractivity (Wildman–Crippen MR) is 105 cm³/mol. The van der Waals surface area contributed by atoms with Crippen LogP contribution in [0.3, 0.4) is 0 Å². The van der Waals surface area contributed by atoms with Crippen molar-refractivity contribution >= 4 is 34.2 Å². The van der Waals surface area contributed by atoms with Gasteiger partial charge in [0.25, 0.3) is 0 Å². The Hall–Kier alpha value is -3.62. The monoisotopic (exact) mass is 398 g/mol. The van der Waals surface area contributed by atoms with E-state index in [1.807, 2.05) is 0 Å². The van der Waals surface area contributed by atoms with Gasteiger partial charge in [-0.15, -0.1) is 0 Å². The van der Waals surface area contributed by atoms with Gasteiger partial charge < -0.3 is 14.8 Å². The number of aromatic amines is 1. The van der Waals surface area contributed by atoms with Crippen LogP contribution >= 0.6 is 0 Å². The molecule has 0 aliphatic carbocycles. The summed E-state index contributed by atoms with van der Waals surface area (Å²) in [6, 6.07) is 9.58. The Bertz CT molecular complexity index is 1100. The molecule has 3 aromatic rings. The highest BCUT2D eigenvalue weighted by Gasteiger charge is 2.37. The number of hydrogen-bond donors (Lipinski definition) is 2. The second kappa shape index (κ2) is 7.42. The van der Waals surface area contributed by atoms with Crippen molar-refractivity contribution in [2.24, 2.45) is 5.92 Å². The smallest absolute Gasteiger partial charge is 0.229 e. The first-order valence-electron chi connectivity index (χ1n) is 8.97. The molecule has 4 rings (SSSR count). The van der Waals surface area contributed by atoms with Crippen LogP contribution in [0.4, 0.5) is 15.9 Å². The SMILES string of the molecule is COc1ccc(OC)c(NC(=O)C2CC(=O)N(c3n[nH]c4cccc(F)c34)C2)c1. The molecular formula is C20H19FN4O4. The molecule has 150 valence electrons. The molecule has 29 heavy (non-hydrogen) atoms. The van der Waals surface area contributed by atoms with Crippen LogP contribution in [-0.2, 0) is 9.59 Å². The minimum atomic E-state index is -0.614. The number of carbonyl (C=O) groups is 2. The van der Waals surface area contributed by atoms with Crippen LogP contribution in [0.2, 0.25) is 0 Å². The Morgan fingerprint density at radius 3 is 2.86 bits per heavy atom. The number of ether oxygens (including phenoxy) is 2. The minimum absolute atomic E-state index is 0.000916. The third-order valence-corrected chi connectivity index (χ3v) is 4.94. The summed E-state index contributed by atoms with van der Waals surface area (Å²) in [5.74, 6) is -0.501. The fourth-order valence-electron chi connectivity index (χ4n) is 3.44. The number of rotatable bonds is 5. The van der Waals surface area contributed by atoms with Crippen molar-refractivity contribution in [3.05, 3.63) is 42.2 Å². The normalized spacial score (nSPS) is 16.3. The third-order valence-electron chi connectivity index (χ3n) is 4.94. The van der Waals surface area contributed by atoms with Gasteiger partial charge in [-0.3, -0.25) is 19.6 Å². The summed E-state index contributed by atoms with van der Waals surface area (Å²) in [4.78, 5) is 26.7. The molecule has 0 radical (unpaired) electrons. The van der Waals surface area contributed by atoms with Crippen molar-refractivity contribution < 1.29 is 23.5 Å². The number of halogens is 1. The van der Waals surface area contributed by atoms with E-state index in [0.717, 1.165) is 0 Å². The molecule has 2 N–H and O–H groups in total. The van der Waals surface area contributed by atoms with Crippen molar-refractivity contribution in [2.75, 3.05) is 31.0 Å². The van der Waals surface area contributed by atoms with Gasteiger partial charge in [0.15, 0.2) is 5.82 Å². The molecule has 9 heteroatoms. The van der Waals surface area contributed by atoms with E-state index >= 15 is 0 Å². The highest BCUT2D eigenvalue weighted by Crippen LogP contribution is 2.33. The van der Waals surface area contributed by atoms with Crippen LogP contribution in [0, 0.1) is 11.7 Å². The number of fused-ring (bicyclic) bond motifs is 1. The molecule has 0 bridgehead atoms. The molecule has 1 atom stereocenters. The number of nitrogens with one attached hydrogen (secondary N) is 2. The van der Waals surface area contributed by atoms with Gasteiger partial charge in [0.1, 0.15) is 17.3 Å². The van der Waals surface area contributed by atoms with Crippen LogP contribution in [-0.4, -0.2) is 42.8 Å². The predicted octanol–water partition coefficient (Wildman–Crippen LogP) is 2.71. The molecule has 1 saturated heterocycles. The first-order chi connectivity index (χ1) is 14.0. The van der Waals surface area contributed by atoms with Gasteiger partial charge in [0.2, 0.25) is 11.8 Å². The molecular weight excluding hydrogens is 379 g/mol. The zero-order valence-electron chi connectivity index (χ0n) is 15.9. The Morgan fingerprint density at radius 1 is 1.28 bits per heavy atom. The number of hydrogen-bond acceptors (Lipinski definition) is 5. The van der Waals surface area contributed by atoms with Crippen LogP contribution in [0.1, 0.15) is 6.42 Å². The zero-order chi connectivity index (χ0) is 20.5. The first-order valence-corrected chi connectivity index (χ1v) is 8.97. The highest BCUT2D eigenvalue weighted by atomic mass is 19.1. The van der Waals surface area contributed by atoms with Crippen molar-refractivity contribution in [1.29, 1.82) is 0 Å². The lowest BCUT2D eigenvalue weighted by molar-refractivity contribution is -0.122. The van der Waals surface area contributed by atoms with E-state index in [1.165, 1.54) is 25.2 Å². The standard InChI is InChI=1S/C20H19FN4O4/c1-28-12-6-7-16(29-2)15(9-12)22-20(27)11-8-17(26)25(10-11)19-18-13(21)4-3-5-14(18)23-24-19/h3-7,9,11H,8,10H2,1-2H3,(H,22,27)(H,23,24). The van der Waals surface area contributed by atoms with Gasteiger partial charge in [-0.25, -0.2) is 4.39 Å². The van der Waals surface area contributed by atoms with E-state index in [0.29, 0.717) is 22.7 Å². The molecule has 1 unspecified atom stereocenters. The van der Waals surface area contributed by atoms with Crippen LogP contribution in [0.15, 0.2) is 36.4 Å². The molecule has 0 spiro atoms. The van der Waals surface area contributed by atoms with E-state index in [2.05, 4.69) is 15.5 Å². The van der Waals surface area contributed by atoms with Crippen LogP contribution < -0.4 is 19.7 Å². The Labute approximate surface area is 165 Å². The Morgan fingerprint density at radius 2 is 2.10 bits per heavy atom. The lowest BCUT2D eigenvalue weighted by atomic mass is 10.1. The molecule has 1 aliphatic heterocycles. The maximum Gasteiger partial charge on any atom is 0.229 e. The van der Waals surface area contributed by atoms with Gasteiger partial charge in [0, 0.05) is 19.0 Å². The summed E-state index contributed by atoms with van der Waals surface area (Å²) in [5.41, 5.74) is 0.931. The lowest BCUT2D eigenvalue weighted by Gasteiger charge is -2.16. The third kappa shape index (κ3) is 3.35. The maximum atomic E-state index is 14.3. The van der Waals surface area contributed by atoms with Crippen LogP contribution in [0.5, 0.6) is 11.5 Å². The summed E-state index contributed by atoms with van der Waals surface area (Å²) >= 11 is 0. The highest BCUT2D eigenvalue weighted by molar-refractivity contribution is 6.07. The van der Waals surface area contributed by atoms with Crippen molar-refractivity contribution in [3.63, 3.8) is 0 Å². The lowest BCUT2D eigenvalue weighted by Crippen LogP contribution is -2.28. The number of benzene rings is 2. The summed E-state index contributed by atoms with van der Waals surface area (Å²) in [6.45, 7) is 0.102. The number of anilines is 2. The van der Waals surface area contributed by atoms with Crippen molar-refractivity contribution in [3.8, 4) is 11.5 Å². The number of carbonyl (C=O) groups excluding carboxylic acids is 2. The van der Waals surface area contributed by atoms with E-state index in [1.54, 1.807) is 30.3 Å².